The average molecular weight is 156 g/mol. The summed E-state index contributed by atoms with van der Waals surface area (Å²) in [5.74, 6) is 0. The van der Waals surface area contributed by atoms with Gasteiger partial charge in [0, 0.05) is 0 Å². The van der Waals surface area contributed by atoms with Crippen LogP contribution in [-0.2, 0) is 0 Å². The van der Waals surface area contributed by atoms with Crippen LogP contribution in [0.4, 0.5) is 0 Å². The highest BCUT2D eigenvalue weighted by atomic mass is 32.2. The summed E-state index contributed by atoms with van der Waals surface area (Å²) >= 11 is 1.74. The predicted molar refractivity (Wildman–Crippen MR) is 51.1 cm³/mol. The van der Waals surface area contributed by atoms with Crippen molar-refractivity contribution in [3.63, 3.8) is 0 Å². The molecule has 58 valence electrons. The molecule has 10 heavy (non-hydrogen) atoms. The monoisotopic (exact) mass is 156 g/mol. The van der Waals surface area contributed by atoms with Crippen molar-refractivity contribution in [1.29, 1.82) is 0 Å². The van der Waals surface area contributed by atoms with Crippen LogP contribution in [0, 0.1) is 0 Å². The molecule has 0 aliphatic heterocycles. The van der Waals surface area contributed by atoms with Crippen molar-refractivity contribution >= 4 is 11.8 Å². The predicted octanol–water partition coefficient (Wildman–Crippen LogP) is 3.96. The van der Waals surface area contributed by atoms with E-state index in [4.69, 9.17) is 0 Å². The molecular weight excluding hydrogens is 140 g/mol. The van der Waals surface area contributed by atoms with Gasteiger partial charge in [0.15, 0.2) is 0 Å². The van der Waals surface area contributed by atoms with Crippen molar-refractivity contribution < 1.29 is 0 Å². The molecule has 0 saturated carbocycles. The number of hydrogen-bond donors (Lipinski definition) is 0. The van der Waals surface area contributed by atoms with E-state index >= 15 is 0 Å². The molecule has 0 amide bonds. The average Bonchev–Trinajstić information content (AvgIpc) is 1.88. The first-order valence-electron chi connectivity index (χ1n) is 3.74. The lowest BCUT2D eigenvalue weighted by Crippen LogP contribution is -1.75. The summed E-state index contributed by atoms with van der Waals surface area (Å²) in [6, 6.07) is 0. The molecule has 0 heterocycles. The van der Waals surface area contributed by atoms with E-state index < -0.39 is 0 Å². The topological polar surface area (TPSA) is 0 Å². The Morgan fingerprint density at radius 1 is 1.20 bits per heavy atom. The lowest BCUT2D eigenvalue weighted by Gasteiger charge is -2.03. The van der Waals surface area contributed by atoms with E-state index in [1.165, 1.54) is 16.2 Å². The van der Waals surface area contributed by atoms with Crippen LogP contribution >= 0.6 is 11.8 Å². The fourth-order valence-electron chi connectivity index (χ4n) is 0.606. The Labute approximate surface area is 68.4 Å². The third kappa shape index (κ3) is 4.68. The van der Waals surface area contributed by atoms with Crippen molar-refractivity contribution in [3.05, 3.63) is 23.0 Å². The van der Waals surface area contributed by atoms with Gasteiger partial charge in [0.25, 0.3) is 0 Å². The largest absolute Gasteiger partial charge is 0.100 e. The minimum Gasteiger partial charge on any atom is -0.100 e. The molecule has 0 atom stereocenters. The SMILES string of the molecule is C=C(CC)SC(=C)CCC. The van der Waals surface area contributed by atoms with Crippen molar-refractivity contribution in [3.8, 4) is 0 Å². The Hall–Kier alpha value is -0.170. The van der Waals surface area contributed by atoms with Crippen molar-refractivity contribution in [2.24, 2.45) is 0 Å². The van der Waals surface area contributed by atoms with Gasteiger partial charge in [-0.25, -0.2) is 0 Å². The van der Waals surface area contributed by atoms with E-state index in [1.54, 1.807) is 11.8 Å². The third-order valence-corrected chi connectivity index (χ3v) is 2.28. The molecule has 0 aliphatic carbocycles. The Kier molecular flexibility index (Phi) is 5.51. The van der Waals surface area contributed by atoms with Crippen LogP contribution in [0.25, 0.3) is 0 Å². The van der Waals surface area contributed by atoms with Gasteiger partial charge in [-0.2, -0.15) is 0 Å². The maximum atomic E-state index is 3.93. The fraction of sp³-hybridized carbons (Fsp3) is 0.556. The van der Waals surface area contributed by atoms with Gasteiger partial charge in [-0.15, -0.1) is 11.8 Å². The van der Waals surface area contributed by atoms with Gasteiger partial charge in [0.05, 0.1) is 0 Å². The zero-order valence-corrected chi connectivity index (χ0v) is 7.76. The van der Waals surface area contributed by atoms with E-state index in [0.29, 0.717) is 0 Å². The zero-order valence-electron chi connectivity index (χ0n) is 6.94. The van der Waals surface area contributed by atoms with Gasteiger partial charge in [0.2, 0.25) is 0 Å². The molecule has 0 aromatic carbocycles. The van der Waals surface area contributed by atoms with Crippen LogP contribution in [0.3, 0.4) is 0 Å². The first-order chi connectivity index (χ1) is 4.70. The van der Waals surface area contributed by atoms with Crippen LogP contribution < -0.4 is 0 Å². The van der Waals surface area contributed by atoms with Gasteiger partial charge in [-0.1, -0.05) is 33.4 Å². The summed E-state index contributed by atoms with van der Waals surface area (Å²) in [6.07, 6.45) is 3.35. The van der Waals surface area contributed by atoms with Gasteiger partial charge >= 0.3 is 0 Å². The quantitative estimate of drug-likeness (QED) is 0.580. The fourth-order valence-corrected chi connectivity index (χ4v) is 1.46. The van der Waals surface area contributed by atoms with E-state index in [9.17, 15) is 0 Å². The normalized spacial score (nSPS) is 9.40. The first kappa shape index (κ1) is 9.83. The van der Waals surface area contributed by atoms with E-state index in [2.05, 4.69) is 27.0 Å². The Morgan fingerprint density at radius 3 is 2.20 bits per heavy atom. The van der Waals surface area contributed by atoms with Crippen molar-refractivity contribution in [1.82, 2.24) is 0 Å². The molecular formula is C9H16S. The van der Waals surface area contributed by atoms with Gasteiger partial charge < -0.3 is 0 Å². The second-order valence-electron chi connectivity index (χ2n) is 2.28. The van der Waals surface area contributed by atoms with Crippen LogP contribution in [0.15, 0.2) is 23.0 Å². The van der Waals surface area contributed by atoms with Crippen molar-refractivity contribution in [2.45, 2.75) is 33.1 Å². The van der Waals surface area contributed by atoms with Crippen molar-refractivity contribution in [2.75, 3.05) is 0 Å². The minimum absolute atomic E-state index is 1.05. The van der Waals surface area contributed by atoms with Gasteiger partial charge in [-0.3, -0.25) is 0 Å². The Bertz CT molecular complexity index is 125. The number of rotatable bonds is 5. The molecule has 0 aromatic heterocycles. The van der Waals surface area contributed by atoms with Crippen LogP contribution in [0.1, 0.15) is 33.1 Å². The van der Waals surface area contributed by atoms with E-state index in [-0.39, 0.29) is 0 Å². The minimum atomic E-state index is 1.05. The maximum absolute atomic E-state index is 3.93. The summed E-state index contributed by atoms with van der Waals surface area (Å²) in [5, 5.41) is 0. The molecule has 0 unspecified atom stereocenters. The summed E-state index contributed by atoms with van der Waals surface area (Å²) in [4.78, 5) is 2.47. The van der Waals surface area contributed by atoms with Gasteiger partial charge in [0.1, 0.15) is 0 Å². The zero-order chi connectivity index (χ0) is 7.98. The summed E-state index contributed by atoms with van der Waals surface area (Å²) in [6.45, 7) is 12.1. The third-order valence-electron chi connectivity index (χ3n) is 1.21. The highest BCUT2D eigenvalue weighted by molar-refractivity contribution is 8.06. The lowest BCUT2D eigenvalue weighted by atomic mass is 10.3. The second kappa shape index (κ2) is 5.60. The smallest absolute Gasteiger partial charge is 0.0178 e. The lowest BCUT2D eigenvalue weighted by molar-refractivity contribution is 0.950. The molecule has 1 heteroatoms. The molecule has 0 radical (unpaired) electrons. The molecule has 0 saturated heterocycles. The van der Waals surface area contributed by atoms with E-state index in [1.807, 2.05) is 0 Å². The Morgan fingerprint density at radius 2 is 1.80 bits per heavy atom. The number of thioether (sulfide) groups is 1. The highest BCUT2D eigenvalue weighted by Gasteiger charge is 1.94. The Balaban J connectivity index is 3.47. The molecule has 0 aliphatic rings. The summed E-state index contributed by atoms with van der Waals surface area (Å²) in [5.41, 5.74) is 0. The summed E-state index contributed by atoms with van der Waals surface area (Å²) in [7, 11) is 0. The standard InChI is InChI=1S/C9H16S/c1-5-7-9(4)10-8(3)6-2/h3-7H2,1-2H3. The molecule has 0 spiro atoms. The number of hydrogen-bond acceptors (Lipinski definition) is 1. The second-order valence-corrected chi connectivity index (χ2v) is 3.64. The summed E-state index contributed by atoms with van der Waals surface area (Å²) < 4.78 is 0. The van der Waals surface area contributed by atoms with Gasteiger partial charge in [-0.05, 0) is 22.7 Å². The molecule has 0 fully saturated rings. The molecule has 0 rings (SSSR count). The highest BCUT2D eigenvalue weighted by Crippen LogP contribution is 2.27. The molecule has 0 N–H and O–H groups in total. The molecule has 0 aromatic rings. The maximum Gasteiger partial charge on any atom is -0.0178 e. The number of allylic oxidation sites excluding steroid dienone is 2. The van der Waals surface area contributed by atoms with E-state index in [0.717, 1.165) is 12.8 Å². The first-order valence-corrected chi connectivity index (χ1v) is 4.55. The van der Waals surface area contributed by atoms with Crippen LogP contribution in [0.5, 0.6) is 0 Å². The van der Waals surface area contributed by atoms with Crippen LogP contribution in [-0.4, -0.2) is 0 Å². The molecule has 0 bridgehead atoms. The van der Waals surface area contributed by atoms with Crippen LogP contribution in [0.2, 0.25) is 0 Å². The molecule has 0 nitrogen and oxygen atoms in total.